The first-order valence-corrected chi connectivity index (χ1v) is 9.64. The number of amides is 2. The van der Waals surface area contributed by atoms with E-state index in [1.807, 2.05) is 37.8 Å². The van der Waals surface area contributed by atoms with E-state index < -0.39 is 6.04 Å². The van der Waals surface area contributed by atoms with Crippen molar-refractivity contribution in [1.29, 1.82) is 0 Å². The number of anilines is 1. The van der Waals surface area contributed by atoms with Crippen LogP contribution in [0.5, 0.6) is 0 Å². The first kappa shape index (κ1) is 19.8. The number of carbonyl (C=O) groups is 2. The van der Waals surface area contributed by atoms with Crippen LogP contribution in [0.25, 0.3) is 0 Å². The van der Waals surface area contributed by atoms with Gasteiger partial charge in [-0.1, -0.05) is 31.5 Å². The molecule has 7 nitrogen and oxygen atoms in total. The molecule has 0 spiro atoms. The Morgan fingerprint density at radius 1 is 1.00 bits per heavy atom. The topological polar surface area (TPSA) is 78.4 Å². The second-order valence-electron chi connectivity index (χ2n) is 7.42. The maximum atomic E-state index is 13.1. The molecule has 0 bridgehead atoms. The summed E-state index contributed by atoms with van der Waals surface area (Å²) in [5, 5.41) is 2.92. The number of hydrogen-bond donors (Lipinski definition) is 1. The second-order valence-corrected chi connectivity index (χ2v) is 7.42. The Kier molecular flexibility index (Phi) is 6.23. The Morgan fingerprint density at radius 3 is 2.18 bits per heavy atom. The predicted octanol–water partition coefficient (Wildman–Crippen LogP) is 1.89. The van der Waals surface area contributed by atoms with Gasteiger partial charge in [0.25, 0.3) is 5.91 Å². The summed E-state index contributed by atoms with van der Waals surface area (Å²) in [6.07, 6.45) is 3.44. The van der Waals surface area contributed by atoms with Crippen LogP contribution in [0.2, 0.25) is 0 Å². The lowest BCUT2D eigenvalue weighted by Crippen LogP contribution is -2.56. The molecule has 2 amide bonds. The number of rotatable bonds is 5. The summed E-state index contributed by atoms with van der Waals surface area (Å²) in [4.78, 5) is 38.1. The average molecular weight is 381 g/mol. The van der Waals surface area contributed by atoms with Gasteiger partial charge in [-0.25, -0.2) is 9.97 Å². The molecule has 28 heavy (non-hydrogen) atoms. The Bertz CT molecular complexity index is 799. The van der Waals surface area contributed by atoms with Crippen LogP contribution in [0.15, 0.2) is 42.7 Å². The van der Waals surface area contributed by atoms with E-state index in [1.165, 1.54) is 0 Å². The molecule has 1 saturated heterocycles. The molecule has 0 unspecified atom stereocenters. The van der Waals surface area contributed by atoms with Crippen LogP contribution >= 0.6 is 0 Å². The maximum Gasteiger partial charge on any atom is 0.251 e. The van der Waals surface area contributed by atoms with Crippen molar-refractivity contribution in [2.45, 2.75) is 26.8 Å². The fraction of sp³-hybridized carbons (Fsp3) is 0.429. The molecule has 0 aliphatic carbocycles. The smallest absolute Gasteiger partial charge is 0.251 e. The van der Waals surface area contributed by atoms with Crippen LogP contribution in [-0.2, 0) is 4.79 Å². The number of aryl methyl sites for hydroxylation is 1. The molecular formula is C21H27N5O2. The standard InChI is InChI=1S/C21H27N5O2/c1-15(2)18(24-19(27)17-7-5-16(3)6-8-17)20(28)25-11-13-26(14-12-25)21-22-9-4-10-23-21/h4-10,15,18H,11-14H2,1-3H3,(H,24,27)/t18-/m0/s1. The molecular weight excluding hydrogens is 354 g/mol. The molecule has 0 radical (unpaired) electrons. The van der Waals surface area contributed by atoms with Gasteiger partial charge in [0.05, 0.1) is 0 Å². The van der Waals surface area contributed by atoms with Crippen molar-refractivity contribution in [3.05, 3.63) is 53.9 Å². The molecule has 3 rings (SSSR count). The first-order chi connectivity index (χ1) is 13.5. The SMILES string of the molecule is Cc1ccc(C(=O)N[C@H](C(=O)N2CCN(c3ncccn3)CC2)C(C)C)cc1. The summed E-state index contributed by atoms with van der Waals surface area (Å²) in [6, 6.07) is 8.59. The van der Waals surface area contributed by atoms with Gasteiger partial charge < -0.3 is 15.1 Å². The minimum Gasteiger partial charge on any atom is -0.340 e. The van der Waals surface area contributed by atoms with Crippen LogP contribution in [0, 0.1) is 12.8 Å². The van der Waals surface area contributed by atoms with Crippen LogP contribution in [0.4, 0.5) is 5.95 Å². The molecule has 1 atom stereocenters. The normalized spacial score (nSPS) is 15.4. The van der Waals surface area contributed by atoms with Gasteiger partial charge in [0, 0.05) is 44.1 Å². The largest absolute Gasteiger partial charge is 0.340 e. The summed E-state index contributed by atoms with van der Waals surface area (Å²) in [5.74, 6) is 0.424. The second kappa shape index (κ2) is 8.82. The highest BCUT2D eigenvalue weighted by Gasteiger charge is 2.31. The zero-order valence-electron chi connectivity index (χ0n) is 16.6. The molecule has 2 aromatic rings. The molecule has 1 fully saturated rings. The third-order valence-corrected chi connectivity index (χ3v) is 4.96. The molecule has 1 aliphatic rings. The van der Waals surface area contributed by atoms with Crippen molar-refractivity contribution in [3.8, 4) is 0 Å². The Balaban J connectivity index is 1.62. The summed E-state index contributed by atoms with van der Waals surface area (Å²) in [7, 11) is 0. The van der Waals surface area contributed by atoms with E-state index in [1.54, 1.807) is 30.6 Å². The van der Waals surface area contributed by atoms with Gasteiger partial charge in [0.2, 0.25) is 11.9 Å². The van der Waals surface area contributed by atoms with Crippen LogP contribution in [0.3, 0.4) is 0 Å². The van der Waals surface area contributed by atoms with Gasteiger partial charge in [0.1, 0.15) is 6.04 Å². The van der Waals surface area contributed by atoms with E-state index in [-0.39, 0.29) is 17.7 Å². The summed E-state index contributed by atoms with van der Waals surface area (Å²) < 4.78 is 0. The molecule has 1 N–H and O–H groups in total. The van der Waals surface area contributed by atoms with Gasteiger partial charge >= 0.3 is 0 Å². The number of carbonyl (C=O) groups excluding carboxylic acids is 2. The van der Waals surface area contributed by atoms with E-state index in [2.05, 4.69) is 20.2 Å². The minimum absolute atomic E-state index is 0.00242. The highest BCUT2D eigenvalue weighted by Crippen LogP contribution is 2.14. The van der Waals surface area contributed by atoms with Crippen LogP contribution < -0.4 is 10.2 Å². The third kappa shape index (κ3) is 4.65. The van der Waals surface area contributed by atoms with E-state index in [9.17, 15) is 9.59 Å². The lowest BCUT2D eigenvalue weighted by Gasteiger charge is -2.37. The van der Waals surface area contributed by atoms with Crippen molar-refractivity contribution >= 4 is 17.8 Å². The van der Waals surface area contributed by atoms with Crippen LogP contribution in [-0.4, -0.2) is 58.9 Å². The van der Waals surface area contributed by atoms with Gasteiger partial charge in [0.15, 0.2) is 0 Å². The molecule has 1 aromatic carbocycles. The van der Waals surface area contributed by atoms with E-state index >= 15 is 0 Å². The van der Waals surface area contributed by atoms with Crippen molar-refractivity contribution in [2.75, 3.05) is 31.1 Å². The van der Waals surface area contributed by atoms with Crippen LogP contribution in [0.1, 0.15) is 29.8 Å². The molecule has 7 heteroatoms. The fourth-order valence-corrected chi connectivity index (χ4v) is 3.22. The van der Waals surface area contributed by atoms with Gasteiger partial charge in [-0.15, -0.1) is 0 Å². The number of nitrogens with one attached hydrogen (secondary N) is 1. The summed E-state index contributed by atoms with van der Waals surface area (Å²) in [6.45, 7) is 8.39. The summed E-state index contributed by atoms with van der Waals surface area (Å²) in [5.41, 5.74) is 1.66. The summed E-state index contributed by atoms with van der Waals surface area (Å²) >= 11 is 0. The van der Waals surface area contributed by atoms with Crippen molar-refractivity contribution in [1.82, 2.24) is 20.2 Å². The van der Waals surface area contributed by atoms with E-state index in [0.29, 0.717) is 37.7 Å². The Labute approximate surface area is 165 Å². The van der Waals surface area contributed by atoms with Crippen molar-refractivity contribution < 1.29 is 9.59 Å². The number of aromatic nitrogens is 2. The van der Waals surface area contributed by atoms with Gasteiger partial charge in [-0.3, -0.25) is 9.59 Å². The third-order valence-electron chi connectivity index (χ3n) is 4.96. The van der Waals surface area contributed by atoms with Gasteiger partial charge in [-0.2, -0.15) is 0 Å². The Morgan fingerprint density at radius 2 is 1.61 bits per heavy atom. The molecule has 1 aliphatic heterocycles. The van der Waals surface area contributed by atoms with E-state index in [4.69, 9.17) is 0 Å². The quantitative estimate of drug-likeness (QED) is 0.856. The molecule has 148 valence electrons. The maximum absolute atomic E-state index is 13.1. The molecule has 0 saturated carbocycles. The lowest BCUT2D eigenvalue weighted by atomic mass is 10.0. The van der Waals surface area contributed by atoms with Crippen molar-refractivity contribution in [3.63, 3.8) is 0 Å². The average Bonchev–Trinajstić information content (AvgIpc) is 2.72. The van der Waals surface area contributed by atoms with E-state index in [0.717, 1.165) is 5.56 Å². The predicted molar refractivity (Wildman–Crippen MR) is 108 cm³/mol. The fourth-order valence-electron chi connectivity index (χ4n) is 3.22. The number of nitrogens with zero attached hydrogens (tertiary/aromatic N) is 4. The first-order valence-electron chi connectivity index (χ1n) is 9.64. The zero-order valence-corrected chi connectivity index (χ0v) is 16.6. The Hall–Kier alpha value is -2.96. The molecule has 1 aromatic heterocycles. The lowest BCUT2D eigenvalue weighted by molar-refractivity contribution is -0.134. The number of benzene rings is 1. The molecule has 2 heterocycles. The monoisotopic (exact) mass is 381 g/mol. The van der Waals surface area contributed by atoms with Crippen molar-refractivity contribution in [2.24, 2.45) is 5.92 Å². The van der Waals surface area contributed by atoms with Gasteiger partial charge in [-0.05, 0) is 31.0 Å². The zero-order chi connectivity index (χ0) is 20.1. The number of piperazine rings is 1. The highest BCUT2D eigenvalue weighted by atomic mass is 16.2. The number of hydrogen-bond acceptors (Lipinski definition) is 5. The minimum atomic E-state index is -0.548. The highest BCUT2D eigenvalue weighted by molar-refractivity contribution is 5.97.